The Kier molecular flexibility index (Phi) is 4.93. The van der Waals surface area contributed by atoms with E-state index in [2.05, 4.69) is 22.6 Å². The minimum Gasteiger partial charge on any atom is -0.224 e. The molecular weight excluding hydrogens is 390 g/mol. The van der Waals surface area contributed by atoms with Crippen LogP contribution in [0.25, 0.3) is 6.08 Å². The first kappa shape index (κ1) is 15.2. The number of benzene rings is 2. The van der Waals surface area contributed by atoms with E-state index in [1.165, 1.54) is 29.7 Å². The number of halogens is 2. The lowest BCUT2D eigenvalue weighted by Crippen LogP contribution is -1.99. The van der Waals surface area contributed by atoms with Crippen molar-refractivity contribution in [1.82, 2.24) is 0 Å². The molecule has 0 heterocycles. The molecule has 0 saturated heterocycles. The molecule has 0 fully saturated rings. The van der Waals surface area contributed by atoms with Crippen molar-refractivity contribution >= 4 is 38.5 Å². The average Bonchev–Trinajstić information content (AvgIpc) is 2.41. The number of sulfone groups is 1. The minimum atomic E-state index is -3.36. The van der Waals surface area contributed by atoms with Crippen LogP contribution in [0.1, 0.15) is 11.1 Å². The van der Waals surface area contributed by atoms with E-state index in [1.54, 1.807) is 6.08 Å². The van der Waals surface area contributed by atoms with Gasteiger partial charge in [0.05, 0.1) is 5.75 Å². The van der Waals surface area contributed by atoms with Crippen molar-refractivity contribution in [3.8, 4) is 0 Å². The molecule has 0 aliphatic heterocycles. The third kappa shape index (κ3) is 4.72. The molecule has 0 aromatic heterocycles. The van der Waals surface area contributed by atoms with Crippen LogP contribution >= 0.6 is 22.6 Å². The molecule has 2 aromatic rings. The standard InChI is InChI=1S/C15H12FIO2S/c16-14-5-1-13(2-6-14)11-20(18,19)10-9-12-3-7-15(17)8-4-12/h1-10H,11H2/b10-9+. The Balaban J connectivity index is 2.11. The molecule has 2 nitrogen and oxygen atoms in total. The zero-order valence-electron chi connectivity index (χ0n) is 10.5. The second-order valence-electron chi connectivity index (χ2n) is 4.29. The maximum absolute atomic E-state index is 12.8. The predicted molar refractivity (Wildman–Crippen MR) is 87.2 cm³/mol. The normalized spacial score (nSPS) is 11.9. The van der Waals surface area contributed by atoms with E-state index in [0.29, 0.717) is 5.56 Å². The predicted octanol–water partition coefficient (Wildman–Crippen LogP) is 4.02. The fraction of sp³-hybridized carbons (Fsp3) is 0.0667. The van der Waals surface area contributed by atoms with Gasteiger partial charge in [-0.15, -0.1) is 0 Å². The maximum Gasteiger partial charge on any atom is 0.175 e. The van der Waals surface area contributed by atoms with E-state index in [9.17, 15) is 12.8 Å². The highest BCUT2D eigenvalue weighted by molar-refractivity contribution is 14.1. The highest BCUT2D eigenvalue weighted by Gasteiger charge is 2.07. The molecule has 0 aliphatic carbocycles. The van der Waals surface area contributed by atoms with Gasteiger partial charge in [-0.25, -0.2) is 12.8 Å². The van der Waals surface area contributed by atoms with Gasteiger partial charge in [0.2, 0.25) is 0 Å². The van der Waals surface area contributed by atoms with E-state index < -0.39 is 9.84 Å². The molecular formula is C15H12FIO2S. The van der Waals surface area contributed by atoms with E-state index in [0.717, 1.165) is 9.13 Å². The van der Waals surface area contributed by atoms with Crippen LogP contribution in [-0.2, 0) is 15.6 Å². The van der Waals surface area contributed by atoms with Gasteiger partial charge in [-0.2, -0.15) is 0 Å². The molecule has 0 atom stereocenters. The quantitative estimate of drug-likeness (QED) is 0.725. The molecule has 0 N–H and O–H groups in total. The van der Waals surface area contributed by atoms with E-state index in [4.69, 9.17) is 0 Å². The Morgan fingerprint density at radius 1 is 1.00 bits per heavy atom. The first-order chi connectivity index (χ1) is 9.44. The summed E-state index contributed by atoms with van der Waals surface area (Å²) in [6, 6.07) is 13.0. The van der Waals surface area contributed by atoms with Crippen LogP contribution in [-0.4, -0.2) is 8.42 Å². The van der Waals surface area contributed by atoms with Crippen molar-refractivity contribution in [2.75, 3.05) is 0 Å². The highest BCUT2D eigenvalue weighted by atomic mass is 127. The van der Waals surface area contributed by atoms with Crippen molar-refractivity contribution in [3.05, 3.63) is 74.5 Å². The summed E-state index contributed by atoms with van der Waals surface area (Å²) in [6.45, 7) is 0. The van der Waals surface area contributed by atoms with Gasteiger partial charge in [-0.05, 0) is 64.1 Å². The lowest BCUT2D eigenvalue weighted by Gasteiger charge is -2.00. The summed E-state index contributed by atoms with van der Waals surface area (Å²) in [6.07, 6.45) is 1.56. The topological polar surface area (TPSA) is 34.1 Å². The van der Waals surface area contributed by atoms with Crippen molar-refractivity contribution < 1.29 is 12.8 Å². The molecule has 104 valence electrons. The molecule has 0 spiro atoms. The van der Waals surface area contributed by atoms with Crippen molar-refractivity contribution in [1.29, 1.82) is 0 Å². The van der Waals surface area contributed by atoms with E-state index in [-0.39, 0.29) is 11.6 Å². The lowest BCUT2D eigenvalue weighted by atomic mass is 10.2. The van der Waals surface area contributed by atoms with Crippen LogP contribution in [0.2, 0.25) is 0 Å². The summed E-state index contributed by atoms with van der Waals surface area (Å²) in [4.78, 5) is 0. The van der Waals surface area contributed by atoms with Gasteiger partial charge in [0.15, 0.2) is 9.84 Å². The van der Waals surface area contributed by atoms with Gasteiger partial charge in [-0.1, -0.05) is 24.3 Å². The van der Waals surface area contributed by atoms with Gasteiger partial charge in [0.25, 0.3) is 0 Å². The monoisotopic (exact) mass is 402 g/mol. The summed E-state index contributed by atoms with van der Waals surface area (Å²) in [5.41, 5.74) is 1.40. The summed E-state index contributed by atoms with van der Waals surface area (Å²) < 4.78 is 37.7. The van der Waals surface area contributed by atoms with Crippen LogP contribution in [0.15, 0.2) is 53.9 Å². The number of hydrogen-bond donors (Lipinski definition) is 0. The van der Waals surface area contributed by atoms with Gasteiger partial charge in [0, 0.05) is 8.98 Å². The van der Waals surface area contributed by atoms with Crippen LogP contribution in [0.3, 0.4) is 0 Å². The average molecular weight is 402 g/mol. The molecule has 2 rings (SSSR count). The Morgan fingerprint density at radius 3 is 2.20 bits per heavy atom. The van der Waals surface area contributed by atoms with Crippen molar-refractivity contribution in [2.45, 2.75) is 5.75 Å². The zero-order valence-corrected chi connectivity index (χ0v) is 13.4. The number of rotatable bonds is 4. The largest absolute Gasteiger partial charge is 0.224 e. The fourth-order valence-electron chi connectivity index (χ4n) is 1.62. The Morgan fingerprint density at radius 2 is 1.60 bits per heavy atom. The van der Waals surface area contributed by atoms with E-state index >= 15 is 0 Å². The Bertz CT molecular complexity index is 705. The third-order valence-electron chi connectivity index (χ3n) is 2.62. The van der Waals surface area contributed by atoms with Gasteiger partial charge in [-0.3, -0.25) is 0 Å². The first-order valence-corrected chi connectivity index (χ1v) is 8.65. The molecule has 0 saturated carbocycles. The second kappa shape index (κ2) is 6.49. The van der Waals surface area contributed by atoms with Crippen LogP contribution in [0.4, 0.5) is 4.39 Å². The van der Waals surface area contributed by atoms with Crippen molar-refractivity contribution in [2.24, 2.45) is 0 Å². The molecule has 0 bridgehead atoms. The molecule has 0 radical (unpaired) electrons. The number of hydrogen-bond acceptors (Lipinski definition) is 2. The van der Waals surface area contributed by atoms with Crippen LogP contribution in [0.5, 0.6) is 0 Å². The molecule has 0 aliphatic rings. The lowest BCUT2D eigenvalue weighted by molar-refractivity contribution is 0.603. The van der Waals surface area contributed by atoms with Crippen molar-refractivity contribution in [3.63, 3.8) is 0 Å². The smallest absolute Gasteiger partial charge is 0.175 e. The summed E-state index contributed by atoms with van der Waals surface area (Å²) >= 11 is 2.19. The van der Waals surface area contributed by atoms with Crippen LogP contribution < -0.4 is 0 Å². The Hall–Kier alpha value is -1.21. The molecule has 0 amide bonds. The molecule has 0 unspecified atom stereocenters. The first-order valence-electron chi connectivity index (χ1n) is 5.85. The highest BCUT2D eigenvalue weighted by Crippen LogP contribution is 2.12. The zero-order chi connectivity index (χ0) is 14.6. The third-order valence-corrected chi connectivity index (χ3v) is 4.62. The summed E-state index contributed by atoms with van der Waals surface area (Å²) in [5.74, 6) is -0.505. The van der Waals surface area contributed by atoms with E-state index in [1.807, 2.05) is 24.3 Å². The summed E-state index contributed by atoms with van der Waals surface area (Å²) in [5, 5.41) is 1.19. The van der Waals surface area contributed by atoms with Crippen LogP contribution in [0, 0.1) is 9.39 Å². The molecule has 5 heteroatoms. The minimum absolute atomic E-state index is 0.131. The van der Waals surface area contributed by atoms with Gasteiger partial charge in [0.1, 0.15) is 5.82 Å². The Labute approximate surface area is 131 Å². The van der Waals surface area contributed by atoms with Gasteiger partial charge >= 0.3 is 0 Å². The fourth-order valence-corrected chi connectivity index (χ4v) is 3.09. The van der Waals surface area contributed by atoms with Gasteiger partial charge < -0.3 is 0 Å². The second-order valence-corrected chi connectivity index (χ2v) is 7.42. The molecule has 20 heavy (non-hydrogen) atoms. The summed E-state index contributed by atoms with van der Waals surface area (Å²) in [7, 11) is -3.36. The maximum atomic E-state index is 12.8. The molecule has 2 aromatic carbocycles. The SMILES string of the molecule is O=S(=O)(/C=C/c1ccc(I)cc1)Cc1ccc(F)cc1.